The fraction of sp³-hybridized carbons (Fsp3) is 0.0526. The van der Waals surface area contributed by atoms with Crippen molar-refractivity contribution in [2.75, 3.05) is 0 Å². The van der Waals surface area contributed by atoms with Gasteiger partial charge in [0.1, 0.15) is 0 Å². The molecule has 236 valence electrons. The van der Waals surface area contributed by atoms with Gasteiger partial charge in [0.2, 0.25) is 0 Å². The largest absolute Gasteiger partial charge is 0.417 e. The Balaban J connectivity index is 1.72. The van der Waals surface area contributed by atoms with E-state index in [4.69, 9.17) is 19.7 Å². The van der Waals surface area contributed by atoms with Crippen molar-refractivity contribution in [2.24, 2.45) is 0 Å². The summed E-state index contributed by atoms with van der Waals surface area (Å²) in [5.74, 6) is 0. The fourth-order valence-corrected chi connectivity index (χ4v) is 6.40. The van der Waals surface area contributed by atoms with E-state index < -0.39 is 46.1 Å². The molecule has 6 nitrogen and oxygen atoms in total. The number of alkyl halides is 6. The normalized spacial score (nSPS) is 14.9. The summed E-state index contributed by atoms with van der Waals surface area (Å²) in [6, 6.07) is 20.4. The molecule has 0 amide bonds. The molecule has 0 unspecified atom stereocenters. The van der Waals surface area contributed by atoms with Crippen molar-refractivity contribution in [2.45, 2.75) is 12.4 Å². The van der Waals surface area contributed by atoms with Gasteiger partial charge in [0.25, 0.3) is 11.4 Å². The minimum absolute atomic E-state index is 0.00103. The fourth-order valence-electron chi connectivity index (χ4n) is 6.40. The van der Waals surface area contributed by atoms with E-state index in [1.165, 1.54) is 42.5 Å². The third kappa shape index (κ3) is 4.85. The van der Waals surface area contributed by atoms with Gasteiger partial charge in [-0.15, -0.1) is 0 Å². The van der Waals surface area contributed by atoms with Gasteiger partial charge in [-0.1, -0.05) is 60.7 Å². The Morgan fingerprint density at radius 1 is 0.580 bits per heavy atom. The highest BCUT2D eigenvalue weighted by Gasteiger charge is 2.42. The SMILES string of the molecule is [C-]#[N+]/C(C#N)=C1C2=C(/C(=C(\C#N)[N+]#[C-])c3c2cccc3-c2ccc([N+]#[C-])c(C(F)(F)F)c2)c2cccc(-c3ccc(C#N)c(C(F)(F)F)c3)c2\1. The number of nitriles is 3. The lowest BCUT2D eigenvalue weighted by Gasteiger charge is -2.20. The van der Waals surface area contributed by atoms with Gasteiger partial charge in [0.15, 0.2) is 5.69 Å². The molecule has 2 aliphatic rings. The van der Waals surface area contributed by atoms with Crippen LogP contribution >= 0.6 is 0 Å². The van der Waals surface area contributed by atoms with Gasteiger partial charge in [-0.05, 0) is 67.8 Å². The number of nitrogens with zero attached hydrogens (tertiary/aromatic N) is 6. The topological polar surface area (TPSA) is 84.4 Å². The molecule has 0 fully saturated rings. The summed E-state index contributed by atoms with van der Waals surface area (Å²) in [4.78, 5) is 9.79. The minimum Gasteiger partial charge on any atom is -0.238 e. The predicted octanol–water partition coefficient (Wildman–Crippen LogP) is 10.7. The third-order valence-corrected chi connectivity index (χ3v) is 8.32. The highest BCUT2D eigenvalue weighted by Crippen LogP contribution is 2.62. The molecule has 2 aliphatic carbocycles. The quantitative estimate of drug-likeness (QED) is 0.121. The zero-order valence-electron chi connectivity index (χ0n) is 24.9. The van der Waals surface area contributed by atoms with E-state index in [2.05, 4.69) is 14.5 Å². The van der Waals surface area contributed by atoms with E-state index in [0.29, 0.717) is 0 Å². The van der Waals surface area contributed by atoms with Gasteiger partial charge in [-0.25, -0.2) is 25.1 Å². The lowest BCUT2D eigenvalue weighted by atomic mass is 9.84. The number of rotatable bonds is 2. The van der Waals surface area contributed by atoms with Crippen LogP contribution in [0.1, 0.15) is 38.9 Å². The molecule has 0 N–H and O–H groups in total. The minimum atomic E-state index is -4.90. The predicted molar refractivity (Wildman–Crippen MR) is 170 cm³/mol. The first kappa shape index (κ1) is 32.6. The van der Waals surface area contributed by atoms with Crippen LogP contribution in [-0.4, -0.2) is 0 Å². The van der Waals surface area contributed by atoms with Crippen molar-refractivity contribution in [3.05, 3.63) is 157 Å². The molecule has 0 aromatic heterocycles. The average Bonchev–Trinajstić information content (AvgIpc) is 3.61. The maximum Gasteiger partial charge on any atom is 0.417 e. The van der Waals surface area contributed by atoms with E-state index in [-0.39, 0.29) is 66.8 Å². The third-order valence-electron chi connectivity index (χ3n) is 8.32. The lowest BCUT2D eigenvalue weighted by Crippen LogP contribution is -2.08. The molecular weight excluding hydrogens is 654 g/mol. The maximum absolute atomic E-state index is 14.0. The first-order chi connectivity index (χ1) is 23.8. The monoisotopic (exact) mass is 666 g/mol. The van der Waals surface area contributed by atoms with Crippen molar-refractivity contribution in [3.8, 4) is 40.5 Å². The summed E-state index contributed by atoms with van der Waals surface area (Å²) < 4.78 is 84.1. The molecule has 6 rings (SSSR count). The molecule has 0 atom stereocenters. The number of halogens is 6. The van der Waals surface area contributed by atoms with E-state index in [0.717, 1.165) is 24.3 Å². The molecular formula is C38H12F6N6. The Kier molecular flexibility index (Phi) is 7.62. The second kappa shape index (κ2) is 11.7. The average molecular weight is 667 g/mol. The van der Waals surface area contributed by atoms with Gasteiger partial charge in [-0.3, -0.25) is 0 Å². The molecule has 0 saturated heterocycles. The van der Waals surface area contributed by atoms with Crippen LogP contribution < -0.4 is 0 Å². The molecule has 0 aliphatic heterocycles. The Bertz CT molecular complexity index is 2370. The molecule has 0 heterocycles. The van der Waals surface area contributed by atoms with Gasteiger partial charge < -0.3 is 0 Å². The van der Waals surface area contributed by atoms with Gasteiger partial charge >= 0.3 is 12.4 Å². The second-order valence-electron chi connectivity index (χ2n) is 10.8. The first-order valence-electron chi connectivity index (χ1n) is 14.1. The second-order valence-corrected chi connectivity index (χ2v) is 10.8. The van der Waals surface area contributed by atoms with E-state index in [9.17, 15) is 42.1 Å². The van der Waals surface area contributed by atoms with Crippen LogP contribution in [0, 0.1) is 53.7 Å². The molecule has 4 aromatic rings. The molecule has 0 bridgehead atoms. The lowest BCUT2D eigenvalue weighted by molar-refractivity contribution is -0.138. The number of fused-ring (bicyclic) bond motifs is 4. The van der Waals surface area contributed by atoms with Crippen molar-refractivity contribution in [1.29, 1.82) is 15.8 Å². The molecule has 50 heavy (non-hydrogen) atoms. The van der Waals surface area contributed by atoms with Gasteiger partial charge in [0.05, 0.1) is 54.6 Å². The summed E-state index contributed by atoms with van der Waals surface area (Å²) in [6.45, 7) is 22.9. The zero-order chi connectivity index (χ0) is 36.1. The van der Waals surface area contributed by atoms with Crippen LogP contribution in [-0.2, 0) is 12.4 Å². The van der Waals surface area contributed by atoms with Crippen LogP contribution in [0.5, 0.6) is 0 Å². The Hall–Kier alpha value is -7.38. The van der Waals surface area contributed by atoms with Crippen LogP contribution in [0.2, 0.25) is 0 Å². The van der Waals surface area contributed by atoms with Crippen molar-refractivity contribution in [3.63, 3.8) is 0 Å². The van der Waals surface area contributed by atoms with Gasteiger partial charge in [-0.2, -0.15) is 31.6 Å². The maximum atomic E-state index is 14.0. The molecule has 12 heteroatoms. The molecule has 0 spiro atoms. The van der Waals surface area contributed by atoms with Crippen LogP contribution in [0.4, 0.5) is 32.0 Å². The summed E-state index contributed by atoms with van der Waals surface area (Å²) in [7, 11) is 0. The number of hydrogen-bond acceptors (Lipinski definition) is 3. The van der Waals surface area contributed by atoms with Crippen molar-refractivity contribution < 1.29 is 26.3 Å². The molecule has 0 radical (unpaired) electrons. The Morgan fingerprint density at radius 3 is 1.42 bits per heavy atom. The van der Waals surface area contributed by atoms with E-state index >= 15 is 0 Å². The molecule has 0 saturated carbocycles. The molecule has 4 aromatic carbocycles. The highest BCUT2D eigenvalue weighted by atomic mass is 19.4. The van der Waals surface area contributed by atoms with Crippen molar-refractivity contribution in [1.82, 2.24) is 0 Å². The van der Waals surface area contributed by atoms with E-state index in [1.807, 2.05) is 12.1 Å². The number of benzene rings is 4. The summed E-state index contributed by atoms with van der Waals surface area (Å²) in [6.07, 6.45) is -9.78. The summed E-state index contributed by atoms with van der Waals surface area (Å²) >= 11 is 0. The van der Waals surface area contributed by atoms with Crippen molar-refractivity contribution >= 4 is 28.0 Å². The van der Waals surface area contributed by atoms with Crippen LogP contribution in [0.3, 0.4) is 0 Å². The summed E-state index contributed by atoms with van der Waals surface area (Å²) in [5.41, 5.74) is -3.04. The standard InChI is InChI=1S/C38H12F6N6/c1-48-28-13-12-20(15-27(28)38(42,43)44)23-7-5-9-25-32(23)36(30(18-47)50-3)33-24-8-4-6-22(31(24)35(34(25)33)29(17-46)49-2)19-10-11-21(16-45)26(14-19)37(39,40)41/h4-15H/b35-29-,36-30+. The Morgan fingerprint density at radius 2 is 1.02 bits per heavy atom. The zero-order valence-corrected chi connectivity index (χ0v) is 24.9. The summed E-state index contributed by atoms with van der Waals surface area (Å²) in [5, 5.41) is 29.6. The van der Waals surface area contributed by atoms with Crippen LogP contribution in [0.15, 0.2) is 84.2 Å². The number of allylic oxidation sites excluding steroid dienone is 6. The smallest absolute Gasteiger partial charge is 0.238 e. The highest BCUT2D eigenvalue weighted by molar-refractivity contribution is 6.39. The Labute approximate surface area is 280 Å². The number of hydrogen-bond donors (Lipinski definition) is 0. The van der Waals surface area contributed by atoms with Crippen LogP contribution in [0.25, 0.3) is 59.1 Å². The van der Waals surface area contributed by atoms with E-state index in [1.54, 1.807) is 12.1 Å². The van der Waals surface area contributed by atoms with Gasteiger partial charge in [0, 0.05) is 11.1 Å². The first-order valence-corrected chi connectivity index (χ1v) is 14.1.